The smallest absolute Gasteiger partial charge is 0.333 e. The highest BCUT2D eigenvalue weighted by Gasteiger charge is 2.50. The summed E-state index contributed by atoms with van der Waals surface area (Å²) in [6.45, 7) is -2.60. The number of carbonyl (C=O) groups is 3. The van der Waals surface area contributed by atoms with Gasteiger partial charge in [0.2, 0.25) is 0 Å². The van der Waals surface area contributed by atoms with Crippen molar-refractivity contribution in [3.8, 4) is 0 Å². The number of aliphatic hydroxyl groups excluding tert-OH is 19. The Kier molecular flexibility index (Phi) is 27.1. The quantitative estimate of drug-likeness (QED) is 0.0683. The van der Waals surface area contributed by atoms with Gasteiger partial charge in [0, 0.05) is 0 Å². The van der Waals surface area contributed by atoms with E-state index < -0.39 is 186 Å². The average molecular weight is 911 g/mol. The van der Waals surface area contributed by atoms with Crippen LogP contribution in [0.2, 0.25) is 0 Å². The molecule has 3 rings (SSSR count). The molecule has 3 heterocycles. The highest BCUT2D eigenvalue weighted by Crippen LogP contribution is 2.29. The van der Waals surface area contributed by atoms with Crippen LogP contribution in [-0.2, 0) is 38.1 Å². The number of ether oxygens (including phenoxy) is 5. The number of aliphatic carboxylic acids is 3. The molecule has 22 N–H and O–H groups in total. The van der Waals surface area contributed by atoms with Crippen LogP contribution >= 0.6 is 0 Å². The highest BCUT2D eigenvalue weighted by atomic mass is 16.7. The molecule has 0 bridgehead atoms. The monoisotopic (exact) mass is 910 g/mol. The average Bonchev–Trinajstić information content (AvgIpc) is 3.22. The maximum absolute atomic E-state index is 9.94. The Morgan fingerprint density at radius 1 is 0.541 bits per heavy atom. The lowest BCUT2D eigenvalue weighted by Gasteiger charge is -2.45. The minimum Gasteiger partial charge on any atom is -0.481 e. The second kappa shape index (κ2) is 28.3. The van der Waals surface area contributed by atoms with E-state index in [-0.39, 0.29) is 0 Å². The third kappa shape index (κ3) is 17.9. The Morgan fingerprint density at radius 3 is 1.33 bits per heavy atom. The van der Waals surface area contributed by atoms with Crippen LogP contribution in [-0.4, -0.2) is 292 Å². The zero-order valence-corrected chi connectivity index (χ0v) is 32.0. The number of carboxylic acid groups (broad SMARTS) is 3. The van der Waals surface area contributed by atoms with Gasteiger partial charge in [-0.05, 0) is 6.92 Å². The largest absolute Gasteiger partial charge is 0.481 e. The van der Waals surface area contributed by atoms with Crippen molar-refractivity contribution in [3.05, 3.63) is 0 Å². The molecule has 30 nitrogen and oxygen atoms in total. The van der Waals surface area contributed by atoms with Gasteiger partial charge in [0.15, 0.2) is 25.0 Å². The van der Waals surface area contributed by atoms with E-state index in [9.17, 15) is 80.8 Å². The van der Waals surface area contributed by atoms with E-state index in [2.05, 4.69) is 0 Å². The third-order valence-electron chi connectivity index (χ3n) is 8.61. The first-order valence-corrected chi connectivity index (χ1v) is 17.8. The topological polar surface area (TPSA) is 542 Å². The summed E-state index contributed by atoms with van der Waals surface area (Å²) in [4.78, 5) is 28.9. The maximum atomic E-state index is 9.94. The molecule has 0 aromatic heterocycles. The fourth-order valence-electron chi connectivity index (χ4n) is 4.99. The van der Waals surface area contributed by atoms with Gasteiger partial charge in [-0.15, -0.1) is 0 Å². The number of hydrogen-bond donors (Lipinski definition) is 22. The van der Waals surface area contributed by atoms with Crippen molar-refractivity contribution in [1.82, 2.24) is 0 Å². The molecule has 3 aliphatic rings. The lowest BCUT2D eigenvalue weighted by molar-refractivity contribution is -0.355. The van der Waals surface area contributed by atoms with E-state index in [0.717, 1.165) is 0 Å². The van der Waals surface area contributed by atoms with Crippen LogP contribution in [0, 0.1) is 0 Å². The van der Waals surface area contributed by atoms with Gasteiger partial charge in [-0.25, -0.2) is 9.59 Å². The van der Waals surface area contributed by atoms with Crippen molar-refractivity contribution in [2.45, 2.75) is 142 Å². The van der Waals surface area contributed by atoms with Gasteiger partial charge in [0.25, 0.3) is 0 Å². The summed E-state index contributed by atoms with van der Waals surface area (Å²) in [6, 6.07) is 0. The Morgan fingerprint density at radius 2 is 0.967 bits per heavy atom. The summed E-state index contributed by atoms with van der Waals surface area (Å²) < 4.78 is 25.4. The molecule has 3 aliphatic heterocycles. The summed E-state index contributed by atoms with van der Waals surface area (Å²) in [5.74, 6) is -4.03. The second-order valence-corrected chi connectivity index (χ2v) is 13.3. The molecule has 21 atom stereocenters. The Hall–Kier alpha value is -2.55. The number of aliphatic hydroxyl groups is 19. The molecule has 0 radical (unpaired) electrons. The van der Waals surface area contributed by atoms with E-state index in [1.165, 1.54) is 6.92 Å². The van der Waals surface area contributed by atoms with Crippen molar-refractivity contribution in [1.29, 1.82) is 0 Å². The van der Waals surface area contributed by atoms with Crippen molar-refractivity contribution < 1.29 is 150 Å². The number of rotatable bonds is 16. The predicted octanol–water partition coefficient (Wildman–Crippen LogP) is -12.8. The van der Waals surface area contributed by atoms with Gasteiger partial charge < -0.3 is 136 Å². The van der Waals surface area contributed by atoms with E-state index in [1.807, 2.05) is 0 Å². The second-order valence-electron chi connectivity index (χ2n) is 13.3. The fraction of sp³-hybridized carbons (Fsp3) is 0.903. The summed E-state index contributed by atoms with van der Waals surface area (Å²) in [5.41, 5.74) is 0. The normalized spacial score (nSPS) is 36.7. The molecule has 0 aromatic rings. The Bertz CT molecular complexity index is 1200. The van der Waals surface area contributed by atoms with E-state index in [1.54, 1.807) is 0 Å². The van der Waals surface area contributed by atoms with Crippen LogP contribution in [0.25, 0.3) is 0 Å². The molecule has 0 aromatic carbocycles. The van der Waals surface area contributed by atoms with Gasteiger partial charge in [-0.3, -0.25) is 4.79 Å². The van der Waals surface area contributed by atoms with Crippen LogP contribution in [0.4, 0.5) is 0 Å². The van der Waals surface area contributed by atoms with E-state index in [0.29, 0.717) is 0 Å². The van der Waals surface area contributed by atoms with Crippen LogP contribution in [0.3, 0.4) is 0 Å². The summed E-state index contributed by atoms with van der Waals surface area (Å²) in [5, 5.41) is 201. The first-order valence-electron chi connectivity index (χ1n) is 17.8. The molecular formula is C31H58O30. The van der Waals surface area contributed by atoms with Crippen molar-refractivity contribution in [2.75, 3.05) is 33.0 Å². The van der Waals surface area contributed by atoms with Crippen LogP contribution in [0.15, 0.2) is 0 Å². The van der Waals surface area contributed by atoms with Crippen LogP contribution < -0.4 is 0 Å². The molecule has 3 fully saturated rings. The summed E-state index contributed by atoms with van der Waals surface area (Å²) in [6.07, 6.45) is -34.4. The molecule has 0 saturated carbocycles. The predicted molar refractivity (Wildman–Crippen MR) is 185 cm³/mol. The zero-order chi connectivity index (χ0) is 47.6. The molecule has 362 valence electrons. The first kappa shape index (κ1) is 58.5. The number of carboxylic acids is 3. The van der Waals surface area contributed by atoms with Gasteiger partial charge in [-0.2, -0.15) is 0 Å². The molecule has 0 amide bonds. The molecule has 2 unspecified atom stereocenters. The minimum atomic E-state index is -1.85. The number of hydrogen-bond acceptors (Lipinski definition) is 27. The minimum absolute atomic E-state index is 0.667. The van der Waals surface area contributed by atoms with Crippen LogP contribution in [0.5, 0.6) is 0 Å². The van der Waals surface area contributed by atoms with Crippen LogP contribution in [0.1, 0.15) is 13.3 Å². The molecular weight excluding hydrogens is 852 g/mol. The van der Waals surface area contributed by atoms with Crippen molar-refractivity contribution in [2.24, 2.45) is 0 Å². The van der Waals surface area contributed by atoms with E-state index in [4.69, 9.17) is 69.6 Å². The lowest BCUT2D eigenvalue weighted by atomic mass is 9.97. The van der Waals surface area contributed by atoms with E-state index >= 15 is 0 Å². The van der Waals surface area contributed by atoms with Gasteiger partial charge in [0.1, 0.15) is 104 Å². The Labute approximate surface area is 343 Å². The Balaban J connectivity index is 0.000000889. The van der Waals surface area contributed by atoms with Crippen molar-refractivity contribution >= 4 is 17.9 Å². The molecule has 0 aliphatic carbocycles. The maximum Gasteiger partial charge on any atom is 0.333 e. The standard InChI is InChI=1S/C12H22O11.C12H24O11.C4H6O5.C3H6O3/c13-1-3-5(15)6(16)9(19)12(22-3)23-10-4(2-14)21-11(20)8(18)7(10)17;13-1-4(16)7(18)11(5(17)2-14)23-12-10(21)9(20)8(19)6(3-15)22-12;5-2(4(8)9)1-3(6)7;1-2(4)3(5)6/h3-20H,1-2H2;4-21H,1-3H2;2,5H,1H2,(H,6,7)(H,8,9);2,4H,1H3,(H,5,6)/t3-,4-,5+,6+,7-,8-,9-,10-,11-,12+;4-,5+,6+,7+,8+,9-,10+,11+,12+;;/m10../s1. The molecule has 3 saturated heterocycles. The molecule has 30 heteroatoms. The SMILES string of the molecule is CC(O)C(=O)O.O=C(O)CC(O)C(=O)O.OC[C@@H](O)[C@@H](O[C@H]1O[C@H](CO)[C@@H](O)[C@H](O)[C@H]1O)[C@H](O)[C@@H](O)CO.OC[C@H]1O[C@@H](O[C@H]2[C@H](O)[C@@H](O)[C@H](O)O[C@@H]2CO)[C@H](O)[C@@H](O)[C@H]1O. The first-order chi connectivity index (χ1) is 28.3. The van der Waals surface area contributed by atoms with Gasteiger partial charge in [0.05, 0.1) is 39.5 Å². The molecule has 61 heavy (non-hydrogen) atoms. The van der Waals surface area contributed by atoms with Gasteiger partial charge >= 0.3 is 17.9 Å². The highest BCUT2D eigenvalue weighted by molar-refractivity contribution is 5.79. The summed E-state index contributed by atoms with van der Waals surface area (Å²) in [7, 11) is 0. The molecule has 0 spiro atoms. The zero-order valence-electron chi connectivity index (χ0n) is 32.0. The summed E-state index contributed by atoms with van der Waals surface area (Å²) >= 11 is 0. The van der Waals surface area contributed by atoms with Gasteiger partial charge in [-0.1, -0.05) is 0 Å². The lowest BCUT2D eigenvalue weighted by Crippen LogP contribution is -2.64. The van der Waals surface area contributed by atoms with Crippen molar-refractivity contribution in [3.63, 3.8) is 0 Å². The third-order valence-corrected chi connectivity index (χ3v) is 8.61. The fourth-order valence-corrected chi connectivity index (χ4v) is 4.99.